The highest BCUT2D eigenvalue weighted by atomic mass is 32.3. The van der Waals surface area contributed by atoms with Gasteiger partial charge in [-0.1, -0.05) is 133 Å². The van der Waals surface area contributed by atoms with Gasteiger partial charge in [-0.15, -0.1) is 0 Å². The van der Waals surface area contributed by atoms with E-state index in [-0.39, 0.29) is 19.6 Å². The summed E-state index contributed by atoms with van der Waals surface area (Å²) >= 11 is 0. The van der Waals surface area contributed by atoms with Crippen LogP contribution in [0.2, 0.25) is 0 Å². The number of aliphatic hydroxyl groups is 3. The van der Waals surface area contributed by atoms with E-state index in [9.17, 15) is 28.5 Å². The van der Waals surface area contributed by atoms with Gasteiger partial charge in [0.05, 0.1) is 19.8 Å². The van der Waals surface area contributed by atoms with E-state index in [2.05, 4.69) is 59.7 Å². The van der Waals surface area contributed by atoms with E-state index in [1.165, 1.54) is 51.4 Å². The number of esters is 1. The number of ether oxygens (including phenoxy) is 4. The predicted octanol–water partition coefficient (Wildman–Crippen LogP) is 7.63. The smallest absolute Gasteiger partial charge is 0.397 e. The third-order valence-corrected chi connectivity index (χ3v) is 9.43. The van der Waals surface area contributed by atoms with Gasteiger partial charge < -0.3 is 34.3 Å². The summed E-state index contributed by atoms with van der Waals surface area (Å²) in [6.07, 6.45) is 29.8. The normalized spacial score (nSPS) is 21.6. The zero-order valence-electron chi connectivity index (χ0n) is 33.0. The highest BCUT2D eigenvalue weighted by Gasteiger charge is 2.48. The lowest BCUT2D eigenvalue weighted by atomic mass is 9.99. The molecule has 1 rings (SSSR count). The molecule has 13 heteroatoms. The Labute approximate surface area is 326 Å². The Morgan fingerprint density at radius 1 is 0.722 bits per heavy atom. The van der Waals surface area contributed by atoms with Crippen molar-refractivity contribution in [3.05, 3.63) is 48.6 Å². The van der Waals surface area contributed by atoms with Crippen LogP contribution >= 0.6 is 0 Å². The van der Waals surface area contributed by atoms with Gasteiger partial charge in [0.2, 0.25) is 0 Å². The molecule has 0 aromatic carbocycles. The molecule has 0 aromatic heterocycles. The van der Waals surface area contributed by atoms with Crippen LogP contribution in [-0.2, 0) is 38.3 Å². The van der Waals surface area contributed by atoms with E-state index in [0.717, 1.165) is 64.2 Å². The molecule has 54 heavy (non-hydrogen) atoms. The van der Waals surface area contributed by atoms with Crippen LogP contribution in [0.3, 0.4) is 0 Å². The van der Waals surface area contributed by atoms with Crippen LogP contribution in [-0.4, -0.2) is 97.5 Å². The lowest BCUT2D eigenvalue weighted by Crippen LogP contribution is -2.60. The summed E-state index contributed by atoms with van der Waals surface area (Å²) in [5.41, 5.74) is 0. The molecule has 6 atom stereocenters. The van der Waals surface area contributed by atoms with Crippen molar-refractivity contribution in [3.63, 3.8) is 0 Å². The Morgan fingerprint density at radius 2 is 1.28 bits per heavy atom. The monoisotopic (exact) mass is 788 g/mol. The molecule has 314 valence electrons. The van der Waals surface area contributed by atoms with Crippen LogP contribution in [0.4, 0.5) is 0 Å². The van der Waals surface area contributed by atoms with Gasteiger partial charge >= 0.3 is 16.4 Å². The largest absolute Gasteiger partial charge is 0.457 e. The van der Waals surface area contributed by atoms with Crippen molar-refractivity contribution in [3.8, 4) is 0 Å². The zero-order chi connectivity index (χ0) is 39.7. The lowest BCUT2D eigenvalue weighted by molar-refractivity contribution is -0.301. The highest BCUT2D eigenvalue weighted by Crippen LogP contribution is 2.26. The maximum atomic E-state index is 12.4. The lowest BCUT2D eigenvalue weighted by Gasteiger charge is -2.41. The van der Waals surface area contributed by atoms with Gasteiger partial charge in [0.15, 0.2) is 6.29 Å². The Hall–Kier alpha value is -1.94. The topological polar surface area (TPSA) is 178 Å². The quantitative estimate of drug-likeness (QED) is 0.0217. The molecule has 0 bridgehead atoms. The van der Waals surface area contributed by atoms with Crippen molar-refractivity contribution in [1.29, 1.82) is 0 Å². The fraction of sp³-hybridized carbons (Fsp3) is 0.780. The standard InChI is InChI=1S/C41H72O12S/c1-3-5-7-8-9-10-11-12-13-14-15-16-17-18-19-20-21-22-23-24-25-26-27-29-31-49-33-35(51-37(43)30-28-6-4-2)34-50-41-39(45)40(53-54(46,47)48)38(44)36(32-42)52-41/h5,7,9-10,12-13,15-16,35-36,38-42,44-45H,3-4,6,8,11,14,17-34H2,1-2H3,(H,46,47,48)/b7-5-,10-9-,13-12-,16-15-. The number of unbranched alkanes of at least 4 members (excludes halogenated alkanes) is 13. The molecule has 6 unspecified atom stereocenters. The first-order valence-electron chi connectivity index (χ1n) is 20.4. The van der Waals surface area contributed by atoms with Gasteiger partial charge in [0.25, 0.3) is 0 Å². The molecule has 12 nitrogen and oxygen atoms in total. The molecule has 1 aliphatic heterocycles. The molecule has 1 heterocycles. The van der Waals surface area contributed by atoms with Crippen LogP contribution in [0.15, 0.2) is 48.6 Å². The molecule has 4 N–H and O–H groups in total. The maximum absolute atomic E-state index is 12.4. The van der Waals surface area contributed by atoms with Crippen molar-refractivity contribution in [2.45, 2.75) is 179 Å². The number of rotatable bonds is 34. The van der Waals surface area contributed by atoms with Crippen LogP contribution in [0, 0.1) is 0 Å². The summed E-state index contributed by atoms with van der Waals surface area (Å²) in [5.74, 6) is -0.427. The second-order valence-electron chi connectivity index (χ2n) is 13.9. The second kappa shape index (κ2) is 33.2. The number of allylic oxidation sites excluding steroid dienone is 8. The van der Waals surface area contributed by atoms with E-state index >= 15 is 0 Å². The average molecular weight is 789 g/mol. The first-order chi connectivity index (χ1) is 26.1. The summed E-state index contributed by atoms with van der Waals surface area (Å²) < 4.78 is 58.4. The van der Waals surface area contributed by atoms with E-state index in [1.54, 1.807) is 0 Å². The van der Waals surface area contributed by atoms with Crippen molar-refractivity contribution >= 4 is 16.4 Å². The fourth-order valence-electron chi connectivity index (χ4n) is 5.90. The van der Waals surface area contributed by atoms with E-state index in [4.69, 9.17) is 23.5 Å². The second-order valence-corrected chi connectivity index (χ2v) is 14.9. The van der Waals surface area contributed by atoms with Crippen molar-refractivity contribution in [2.24, 2.45) is 0 Å². The van der Waals surface area contributed by atoms with Gasteiger partial charge in [0.1, 0.15) is 30.5 Å². The van der Waals surface area contributed by atoms with Crippen LogP contribution < -0.4 is 0 Å². The highest BCUT2D eigenvalue weighted by molar-refractivity contribution is 7.80. The molecule has 0 amide bonds. The molecule has 0 aromatic rings. The molecule has 0 spiro atoms. The SMILES string of the molecule is CC/C=C\C/C=C\C/C=C\C/C=C\CCCCCCCCCCCCCOCC(COC1OC(CO)C(O)C(OS(=O)(=O)O)C1O)OC(=O)CCCCC. The van der Waals surface area contributed by atoms with Gasteiger partial charge in [-0.05, 0) is 51.4 Å². The minimum atomic E-state index is -5.05. The number of carbonyl (C=O) groups excluding carboxylic acids is 1. The van der Waals surface area contributed by atoms with Gasteiger partial charge in [0, 0.05) is 13.0 Å². The number of hydrogen-bond donors (Lipinski definition) is 4. The molecule has 1 fully saturated rings. The third-order valence-electron chi connectivity index (χ3n) is 8.97. The van der Waals surface area contributed by atoms with Crippen LogP contribution in [0.25, 0.3) is 0 Å². The molecule has 0 radical (unpaired) electrons. The van der Waals surface area contributed by atoms with Gasteiger partial charge in [-0.25, -0.2) is 4.18 Å². The number of hydrogen-bond acceptors (Lipinski definition) is 11. The Bertz CT molecular complexity index is 1140. The fourth-order valence-corrected chi connectivity index (χ4v) is 6.41. The summed E-state index contributed by atoms with van der Waals surface area (Å²) in [7, 11) is -5.05. The minimum Gasteiger partial charge on any atom is -0.457 e. The van der Waals surface area contributed by atoms with E-state index < -0.39 is 59.8 Å². The third kappa shape index (κ3) is 26.8. The van der Waals surface area contributed by atoms with Crippen molar-refractivity contribution in [1.82, 2.24) is 0 Å². The average Bonchev–Trinajstić information content (AvgIpc) is 3.14. The molecular weight excluding hydrogens is 717 g/mol. The molecular formula is C41H72O12S. The first kappa shape index (κ1) is 50.1. The molecule has 0 aliphatic carbocycles. The van der Waals surface area contributed by atoms with Crippen LogP contribution in [0.5, 0.6) is 0 Å². The summed E-state index contributed by atoms with van der Waals surface area (Å²) in [4.78, 5) is 12.4. The Morgan fingerprint density at radius 3 is 1.83 bits per heavy atom. The summed E-state index contributed by atoms with van der Waals surface area (Å²) in [6.45, 7) is 3.65. The molecule has 1 aliphatic rings. The predicted molar refractivity (Wildman–Crippen MR) is 211 cm³/mol. The van der Waals surface area contributed by atoms with E-state index in [1.807, 2.05) is 6.92 Å². The Balaban J connectivity index is 2.21. The van der Waals surface area contributed by atoms with Gasteiger partial charge in [-0.3, -0.25) is 9.35 Å². The van der Waals surface area contributed by atoms with Crippen molar-refractivity contribution in [2.75, 3.05) is 26.4 Å². The minimum absolute atomic E-state index is 0.0305. The summed E-state index contributed by atoms with van der Waals surface area (Å²) in [6, 6.07) is 0. The number of carbonyl (C=O) groups is 1. The zero-order valence-corrected chi connectivity index (χ0v) is 33.8. The number of aliphatic hydroxyl groups excluding tert-OH is 3. The summed E-state index contributed by atoms with van der Waals surface area (Å²) in [5, 5.41) is 30.3. The van der Waals surface area contributed by atoms with Gasteiger partial charge in [-0.2, -0.15) is 8.42 Å². The molecule has 1 saturated heterocycles. The first-order valence-corrected chi connectivity index (χ1v) is 21.8. The maximum Gasteiger partial charge on any atom is 0.397 e. The van der Waals surface area contributed by atoms with Crippen molar-refractivity contribution < 1.29 is 56.2 Å². The molecule has 0 saturated carbocycles. The Kier molecular flexibility index (Phi) is 30.8. The van der Waals surface area contributed by atoms with Crippen LogP contribution in [0.1, 0.15) is 142 Å². The van der Waals surface area contributed by atoms with E-state index in [0.29, 0.717) is 13.0 Å².